The van der Waals surface area contributed by atoms with Gasteiger partial charge in [0.15, 0.2) is 0 Å². The van der Waals surface area contributed by atoms with Crippen LogP contribution in [0.3, 0.4) is 0 Å². The highest BCUT2D eigenvalue weighted by atomic mass is 16.2. The first-order valence-corrected chi connectivity index (χ1v) is 7.17. The van der Waals surface area contributed by atoms with E-state index in [0.717, 1.165) is 37.2 Å². The molecular weight excluding hydrogens is 254 g/mol. The van der Waals surface area contributed by atoms with E-state index >= 15 is 0 Å². The van der Waals surface area contributed by atoms with E-state index in [9.17, 15) is 4.79 Å². The number of pyridine rings is 1. The Kier molecular flexibility index (Phi) is 7.01. The number of aliphatic hydroxyl groups excluding tert-OH is 1. The fourth-order valence-corrected chi connectivity index (χ4v) is 2.01. The number of nitrogens with one attached hydrogen (secondary N) is 1. The van der Waals surface area contributed by atoms with Gasteiger partial charge in [-0.15, -0.1) is 0 Å². The molecule has 5 heteroatoms. The van der Waals surface area contributed by atoms with Crippen LogP contribution in [0, 0.1) is 6.92 Å². The summed E-state index contributed by atoms with van der Waals surface area (Å²) in [6, 6.07) is 1.90. The highest BCUT2D eigenvalue weighted by Gasteiger charge is 2.16. The number of carbonyl (C=O) groups excluding carboxylic acids is 1. The van der Waals surface area contributed by atoms with Crippen LogP contribution in [0.2, 0.25) is 0 Å². The monoisotopic (exact) mass is 279 g/mol. The Morgan fingerprint density at radius 2 is 2.15 bits per heavy atom. The number of amides is 1. The first kappa shape index (κ1) is 16.4. The second-order valence-electron chi connectivity index (χ2n) is 4.91. The largest absolute Gasteiger partial charge is 0.396 e. The van der Waals surface area contributed by atoms with Gasteiger partial charge in [-0.3, -0.25) is 9.78 Å². The molecule has 5 nitrogen and oxygen atoms in total. The number of aromatic nitrogens is 1. The Labute approximate surface area is 121 Å². The second kappa shape index (κ2) is 8.53. The Bertz CT molecular complexity index is 435. The van der Waals surface area contributed by atoms with Crippen LogP contribution in [-0.2, 0) is 0 Å². The van der Waals surface area contributed by atoms with Crippen molar-refractivity contribution in [2.45, 2.75) is 33.1 Å². The van der Waals surface area contributed by atoms with Crippen molar-refractivity contribution in [2.24, 2.45) is 0 Å². The molecule has 0 saturated carbocycles. The predicted octanol–water partition coefficient (Wildman–Crippen LogP) is 2.06. The summed E-state index contributed by atoms with van der Waals surface area (Å²) in [4.78, 5) is 18.3. The molecule has 112 valence electrons. The van der Waals surface area contributed by atoms with E-state index in [4.69, 9.17) is 5.11 Å². The minimum atomic E-state index is -0.0163. The van der Waals surface area contributed by atoms with Gasteiger partial charge in [0.25, 0.3) is 5.91 Å². The zero-order chi connectivity index (χ0) is 15.0. The normalized spacial score (nSPS) is 10.4. The van der Waals surface area contributed by atoms with E-state index in [-0.39, 0.29) is 12.5 Å². The summed E-state index contributed by atoms with van der Waals surface area (Å²) >= 11 is 0. The van der Waals surface area contributed by atoms with Gasteiger partial charge in [0.2, 0.25) is 0 Å². The van der Waals surface area contributed by atoms with Crippen molar-refractivity contribution in [3.63, 3.8) is 0 Å². The van der Waals surface area contributed by atoms with E-state index in [2.05, 4.69) is 10.3 Å². The van der Waals surface area contributed by atoms with E-state index in [1.54, 1.807) is 18.1 Å². The van der Waals surface area contributed by atoms with Crippen molar-refractivity contribution in [1.82, 2.24) is 9.88 Å². The number of hydrogen-bond donors (Lipinski definition) is 2. The van der Waals surface area contributed by atoms with Crippen molar-refractivity contribution in [2.75, 3.05) is 32.1 Å². The number of aryl methyl sites for hydroxylation is 1. The molecule has 0 radical (unpaired) electrons. The number of anilines is 1. The van der Waals surface area contributed by atoms with Crippen molar-refractivity contribution >= 4 is 11.6 Å². The molecule has 1 amide bonds. The van der Waals surface area contributed by atoms with E-state index in [0.29, 0.717) is 12.1 Å². The lowest BCUT2D eigenvalue weighted by atomic mass is 10.1. The lowest BCUT2D eigenvalue weighted by Gasteiger charge is -2.19. The highest BCUT2D eigenvalue weighted by Crippen LogP contribution is 2.17. The van der Waals surface area contributed by atoms with Crippen molar-refractivity contribution < 1.29 is 9.90 Å². The van der Waals surface area contributed by atoms with E-state index in [1.807, 2.05) is 19.9 Å². The third kappa shape index (κ3) is 4.81. The molecule has 20 heavy (non-hydrogen) atoms. The molecule has 0 unspecified atom stereocenters. The van der Waals surface area contributed by atoms with Crippen LogP contribution in [0.15, 0.2) is 12.3 Å². The fraction of sp³-hybridized carbons (Fsp3) is 0.600. The summed E-state index contributed by atoms with van der Waals surface area (Å²) in [7, 11) is 1.80. The van der Waals surface area contributed by atoms with Crippen LogP contribution in [0.5, 0.6) is 0 Å². The number of nitrogens with zero attached hydrogens (tertiary/aromatic N) is 2. The van der Waals surface area contributed by atoms with Crippen LogP contribution in [0.25, 0.3) is 0 Å². The first-order chi connectivity index (χ1) is 9.60. The summed E-state index contributed by atoms with van der Waals surface area (Å²) in [6.45, 7) is 5.59. The van der Waals surface area contributed by atoms with Gasteiger partial charge in [-0.05, 0) is 39.2 Å². The van der Waals surface area contributed by atoms with Crippen LogP contribution >= 0.6 is 0 Å². The predicted molar refractivity (Wildman–Crippen MR) is 81.0 cm³/mol. The van der Waals surface area contributed by atoms with Crippen LogP contribution < -0.4 is 5.32 Å². The summed E-state index contributed by atoms with van der Waals surface area (Å²) < 4.78 is 0. The molecule has 2 N–H and O–H groups in total. The van der Waals surface area contributed by atoms with Gasteiger partial charge in [-0.2, -0.15) is 0 Å². The van der Waals surface area contributed by atoms with Crippen LogP contribution in [-0.4, -0.2) is 47.6 Å². The quantitative estimate of drug-likeness (QED) is 0.715. The Hall–Kier alpha value is -1.62. The highest BCUT2D eigenvalue weighted by molar-refractivity contribution is 5.99. The summed E-state index contributed by atoms with van der Waals surface area (Å²) in [6.07, 6.45) is 4.26. The third-order valence-corrected chi connectivity index (χ3v) is 3.14. The van der Waals surface area contributed by atoms with Crippen molar-refractivity contribution in [3.05, 3.63) is 23.5 Å². The van der Waals surface area contributed by atoms with Gasteiger partial charge >= 0.3 is 0 Å². The Balaban J connectivity index is 2.70. The molecule has 0 aliphatic carbocycles. The van der Waals surface area contributed by atoms with Crippen molar-refractivity contribution in [3.8, 4) is 0 Å². The zero-order valence-corrected chi connectivity index (χ0v) is 12.6. The Morgan fingerprint density at radius 3 is 2.80 bits per heavy atom. The van der Waals surface area contributed by atoms with Gasteiger partial charge in [0.1, 0.15) is 0 Å². The number of rotatable bonds is 8. The molecule has 0 aromatic carbocycles. The molecular formula is C15H25N3O2. The fourth-order valence-electron chi connectivity index (χ4n) is 2.01. The topological polar surface area (TPSA) is 65.5 Å². The first-order valence-electron chi connectivity index (χ1n) is 7.17. The number of hydrogen-bond acceptors (Lipinski definition) is 4. The van der Waals surface area contributed by atoms with E-state index < -0.39 is 0 Å². The van der Waals surface area contributed by atoms with Crippen molar-refractivity contribution in [1.29, 1.82) is 0 Å². The minimum absolute atomic E-state index is 0.0163. The molecule has 1 aromatic heterocycles. The zero-order valence-electron chi connectivity index (χ0n) is 12.6. The molecule has 0 saturated heterocycles. The smallest absolute Gasteiger partial charge is 0.257 e. The molecule has 0 atom stereocenters. The summed E-state index contributed by atoms with van der Waals surface area (Å²) in [5, 5.41) is 12.0. The minimum Gasteiger partial charge on any atom is -0.396 e. The lowest BCUT2D eigenvalue weighted by molar-refractivity contribution is 0.0792. The lowest BCUT2D eigenvalue weighted by Crippen LogP contribution is -2.28. The maximum Gasteiger partial charge on any atom is 0.257 e. The molecule has 1 heterocycles. The second-order valence-corrected chi connectivity index (χ2v) is 4.91. The molecule has 0 fully saturated rings. The van der Waals surface area contributed by atoms with Gasteiger partial charge in [0, 0.05) is 38.6 Å². The summed E-state index contributed by atoms with van der Waals surface area (Å²) in [5.74, 6) is -0.0163. The van der Waals surface area contributed by atoms with Crippen LogP contribution in [0.1, 0.15) is 42.2 Å². The van der Waals surface area contributed by atoms with Crippen LogP contribution in [0.4, 0.5) is 5.69 Å². The van der Waals surface area contributed by atoms with Gasteiger partial charge in [-0.25, -0.2) is 0 Å². The molecule has 0 bridgehead atoms. The maximum atomic E-state index is 12.4. The molecule has 1 rings (SSSR count). The SMILES string of the molecule is CCNc1cc(C)ncc1C(=O)N(C)CCCCCO. The molecule has 0 aliphatic rings. The van der Waals surface area contributed by atoms with E-state index in [1.165, 1.54) is 0 Å². The number of aliphatic hydroxyl groups is 1. The average molecular weight is 279 g/mol. The third-order valence-electron chi connectivity index (χ3n) is 3.14. The average Bonchev–Trinajstić information content (AvgIpc) is 2.43. The molecule has 0 spiro atoms. The van der Waals surface area contributed by atoms with Gasteiger partial charge in [0.05, 0.1) is 11.3 Å². The van der Waals surface area contributed by atoms with Gasteiger partial charge < -0.3 is 15.3 Å². The number of unbranched alkanes of at least 4 members (excludes halogenated alkanes) is 2. The standard InChI is InChI=1S/C15H25N3O2/c1-4-16-14-10-12(2)17-11-13(14)15(20)18(3)8-6-5-7-9-19/h10-11,19H,4-9H2,1-3H3,(H,16,17). The maximum absolute atomic E-state index is 12.4. The molecule has 1 aromatic rings. The Morgan fingerprint density at radius 1 is 1.40 bits per heavy atom. The van der Waals surface area contributed by atoms with Gasteiger partial charge in [-0.1, -0.05) is 0 Å². The summed E-state index contributed by atoms with van der Waals surface area (Å²) in [5.41, 5.74) is 2.34. The number of carbonyl (C=O) groups is 1. The molecule has 0 aliphatic heterocycles.